The van der Waals surface area contributed by atoms with Gasteiger partial charge in [-0.05, 0) is 18.1 Å². The molecule has 2 N–H and O–H groups in total. The van der Waals surface area contributed by atoms with Gasteiger partial charge < -0.3 is 19.8 Å². The van der Waals surface area contributed by atoms with Crippen molar-refractivity contribution in [3.8, 4) is 5.75 Å². The second-order valence-corrected chi connectivity index (χ2v) is 4.93. The lowest BCUT2D eigenvalue weighted by Gasteiger charge is -2.23. The predicted molar refractivity (Wildman–Crippen MR) is 76.4 cm³/mol. The highest BCUT2D eigenvalue weighted by Crippen LogP contribution is 2.32. The summed E-state index contributed by atoms with van der Waals surface area (Å²) in [7, 11) is 3.34. The number of rotatable bonds is 5. The van der Waals surface area contributed by atoms with Gasteiger partial charge in [-0.25, -0.2) is 4.98 Å². The van der Waals surface area contributed by atoms with Crippen LogP contribution in [0.25, 0.3) is 11.0 Å². The minimum atomic E-state index is 0.155. The highest BCUT2D eigenvalue weighted by molar-refractivity contribution is 5.84. The predicted octanol–water partition coefficient (Wildman–Crippen LogP) is 2.47. The monoisotopic (exact) mass is 263 g/mol. The van der Waals surface area contributed by atoms with Crippen LogP contribution in [-0.2, 0) is 4.74 Å². The fourth-order valence-electron chi connectivity index (χ4n) is 2.36. The van der Waals surface area contributed by atoms with E-state index in [-0.39, 0.29) is 6.04 Å². The van der Waals surface area contributed by atoms with E-state index in [4.69, 9.17) is 15.2 Å². The average Bonchev–Trinajstić information content (AvgIpc) is 2.71. The van der Waals surface area contributed by atoms with Crippen LogP contribution in [0, 0.1) is 5.92 Å². The molecule has 1 heterocycles. The zero-order valence-electron chi connectivity index (χ0n) is 11.9. The smallest absolute Gasteiger partial charge is 0.201 e. The van der Waals surface area contributed by atoms with Crippen molar-refractivity contribution in [2.24, 2.45) is 5.92 Å². The molecule has 1 atom stereocenters. The van der Waals surface area contributed by atoms with Gasteiger partial charge in [0, 0.05) is 7.11 Å². The van der Waals surface area contributed by atoms with Gasteiger partial charge in [-0.15, -0.1) is 0 Å². The van der Waals surface area contributed by atoms with Crippen molar-refractivity contribution in [1.82, 2.24) is 9.55 Å². The molecule has 19 heavy (non-hydrogen) atoms. The number of nitrogens with two attached hydrogens (primary N) is 1. The summed E-state index contributed by atoms with van der Waals surface area (Å²) >= 11 is 0. The summed E-state index contributed by atoms with van der Waals surface area (Å²) in [6, 6.07) is 6.00. The van der Waals surface area contributed by atoms with Gasteiger partial charge in [0.25, 0.3) is 0 Å². The van der Waals surface area contributed by atoms with E-state index in [2.05, 4.69) is 18.8 Å². The Hall–Kier alpha value is -1.75. The number of hydrogen-bond donors (Lipinski definition) is 1. The van der Waals surface area contributed by atoms with E-state index < -0.39 is 0 Å². The maximum atomic E-state index is 6.09. The van der Waals surface area contributed by atoms with Gasteiger partial charge in [0.15, 0.2) is 0 Å². The summed E-state index contributed by atoms with van der Waals surface area (Å²) in [5, 5.41) is 0. The fraction of sp³-hybridized carbons (Fsp3) is 0.500. The van der Waals surface area contributed by atoms with E-state index in [1.165, 1.54) is 0 Å². The molecule has 0 fully saturated rings. The number of methoxy groups -OCH3 is 2. The summed E-state index contributed by atoms with van der Waals surface area (Å²) in [4.78, 5) is 4.43. The Morgan fingerprint density at radius 2 is 2.05 bits per heavy atom. The van der Waals surface area contributed by atoms with Crippen molar-refractivity contribution in [2.75, 3.05) is 26.6 Å². The maximum Gasteiger partial charge on any atom is 0.201 e. The number of hydrogen-bond acceptors (Lipinski definition) is 4. The molecule has 0 spiro atoms. The molecule has 1 aromatic heterocycles. The van der Waals surface area contributed by atoms with Crippen molar-refractivity contribution in [1.29, 1.82) is 0 Å². The molecule has 1 aromatic carbocycles. The van der Waals surface area contributed by atoms with Crippen LogP contribution < -0.4 is 10.5 Å². The normalized spacial score (nSPS) is 13.1. The van der Waals surface area contributed by atoms with Gasteiger partial charge in [-0.3, -0.25) is 0 Å². The van der Waals surface area contributed by atoms with Gasteiger partial charge in [0.2, 0.25) is 5.95 Å². The molecule has 0 saturated carbocycles. The molecule has 5 nitrogen and oxygen atoms in total. The number of nitrogens with zero attached hydrogens (tertiary/aromatic N) is 2. The van der Waals surface area contributed by atoms with Crippen LogP contribution in [0.1, 0.15) is 19.9 Å². The number of para-hydroxylation sites is 1. The lowest BCUT2D eigenvalue weighted by Crippen LogP contribution is -2.21. The Labute approximate surface area is 113 Å². The van der Waals surface area contributed by atoms with E-state index in [1.807, 2.05) is 22.8 Å². The van der Waals surface area contributed by atoms with Crippen molar-refractivity contribution in [3.63, 3.8) is 0 Å². The van der Waals surface area contributed by atoms with Crippen LogP contribution in [0.4, 0.5) is 5.95 Å². The Morgan fingerprint density at radius 3 is 2.63 bits per heavy atom. The van der Waals surface area contributed by atoms with Crippen molar-refractivity contribution in [2.45, 2.75) is 19.9 Å². The number of benzene rings is 1. The van der Waals surface area contributed by atoms with Crippen LogP contribution in [0.5, 0.6) is 5.75 Å². The van der Waals surface area contributed by atoms with E-state index in [0.29, 0.717) is 18.5 Å². The topological polar surface area (TPSA) is 62.3 Å². The second kappa shape index (κ2) is 5.48. The molecule has 0 saturated heterocycles. The number of fused-ring (bicyclic) bond motifs is 1. The molecule has 0 aliphatic rings. The van der Waals surface area contributed by atoms with Gasteiger partial charge in [-0.2, -0.15) is 0 Å². The molecule has 104 valence electrons. The zero-order chi connectivity index (χ0) is 14.0. The molecule has 0 aliphatic heterocycles. The molecule has 2 aromatic rings. The molecule has 0 radical (unpaired) electrons. The highest BCUT2D eigenvalue weighted by Gasteiger charge is 2.22. The minimum Gasteiger partial charge on any atom is -0.494 e. The number of aromatic nitrogens is 2. The van der Waals surface area contributed by atoms with Crippen LogP contribution in [0.2, 0.25) is 0 Å². The number of nitrogen functional groups attached to an aromatic ring is 1. The van der Waals surface area contributed by atoms with Gasteiger partial charge >= 0.3 is 0 Å². The molecular formula is C14H21N3O2. The van der Waals surface area contributed by atoms with E-state index >= 15 is 0 Å². The number of anilines is 1. The Morgan fingerprint density at radius 1 is 1.32 bits per heavy atom. The molecule has 0 amide bonds. The first-order valence-electron chi connectivity index (χ1n) is 6.39. The Balaban J connectivity index is 2.62. The fourth-order valence-corrected chi connectivity index (χ4v) is 2.36. The standard InChI is InChI=1S/C14H21N3O2/c1-9(2)11(8-18-3)17-10-6-5-7-12(19-4)13(10)16-14(17)15/h5-7,9,11H,8H2,1-4H3,(H2,15,16). The molecule has 5 heteroatoms. The first kappa shape index (κ1) is 13.7. The van der Waals surface area contributed by atoms with Crippen molar-refractivity contribution < 1.29 is 9.47 Å². The Kier molecular flexibility index (Phi) is 3.95. The summed E-state index contributed by atoms with van der Waals surface area (Å²) < 4.78 is 12.7. The summed E-state index contributed by atoms with van der Waals surface area (Å²) in [5.41, 5.74) is 7.86. The average molecular weight is 263 g/mol. The molecule has 2 rings (SSSR count). The highest BCUT2D eigenvalue weighted by atomic mass is 16.5. The number of ether oxygens (including phenoxy) is 2. The summed E-state index contributed by atoms with van der Waals surface area (Å²) in [5.74, 6) is 1.63. The van der Waals surface area contributed by atoms with E-state index in [1.54, 1.807) is 14.2 Å². The molecular weight excluding hydrogens is 242 g/mol. The SMILES string of the molecule is COCC(C(C)C)n1c(N)nc2c(OC)cccc21. The van der Waals surface area contributed by atoms with Gasteiger partial charge in [0.1, 0.15) is 11.3 Å². The Bertz CT molecular complexity index is 563. The molecule has 1 unspecified atom stereocenters. The molecule has 0 aliphatic carbocycles. The second-order valence-electron chi connectivity index (χ2n) is 4.93. The number of imidazole rings is 1. The molecule has 0 bridgehead atoms. The largest absolute Gasteiger partial charge is 0.494 e. The summed E-state index contributed by atoms with van der Waals surface area (Å²) in [6.45, 7) is 4.90. The summed E-state index contributed by atoms with van der Waals surface area (Å²) in [6.07, 6.45) is 0. The van der Waals surface area contributed by atoms with E-state index in [9.17, 15) is 0 Å². The third-order valence-electron chi connectivity index (χ3n) is 3.37. The van der Waals surface area contributed by atoms with Gasteiger partial charge in [0.05, 0.1) is 25.3 Å². The van der Waals surface area contributed by atoms with Crippen molar-refractivity contribution in [3.05, 3.63) is 18.2 Å². The van der Waals surface area contributed by atoms with Crippen LogP contribution in [0.3, 0.4) is 0 Å². The quantitative estimate of drug-likeness (QED) is 0.900. The minimum absolute atomic E-state index is 0.155. The van der Waals surface area contributed by atoms with Crippen LogP contribution in [-0.4, -0.2) is 30.4 Å². The van der Waals surface area contributed by atoms with E-state index in [0.717, 1.165) is 16.8 Å². The van der Waals surface area contributed by atoms with Crippen LogP contribution in [0.15, 0.2) is 18.2 Å². The maximum absolute atomic E-state index is 6.09. The lowest BCUT2D eigenvalue weighted by atomic mass is 10.0. The zero-order valence-corrected chi connectivity index (χ0v) is 11.9. The first-order chi connectivity index (χ1) is 9.10. The van der Waals surface area contributed by atoms with Crippen LogP contribution >= 0.6 is 0 Å². The first-order valence-corrected chi connectivity index (χ1v) is 6.39. The van der Waals surface area contributed by atoms with Crippen molar-refractivity contribution >= 4 is 17.0 Å². The lowest BCUT2D eigenvalue weighted by molar-refractivity contribution is 0.136. The third kappa shape index (κ3) is 2.38. The van der Waals surface area contributed by atoms with Gasteiger partial charge in [-0.1, -0.05) is 19.9 Å². The third-order valence-corrected chi connectivity index (χ3v) is 3.37.